The van der Waals surface area contributed by atoms with Crippen molar-refractivity contribution in [3.63, 3.8) is 0 Å². The highest BCUT2D eigenvalue weighted by Gasteiger charge is 2.28. The molecule has 0 aromatic carbocycles. The number of hydrogen-bond acceptors (Lipinski definition) is 3. The van der Waals surface area contributed by atoms with E-state index in [0.29, 0.717) is 12.5 Å². The van der Waals surface area contributed by atoms with E-state index in [1.54, 1.807) is 23.9 Å². The highest BCUT2D eigenvalue weighted by Crippen LogP contribution is 2.37. The first-order chi connectivity index (χ1) is 10.8. The summed E-state index contributed by atoms with van der Waals surface area (Å²) in [4.78, 5) is 17.4. The maximum absolute atomic E-state index is 12.2. The van der Waals surface area contributed by atoms with Gasteiger partial charge in [0.25, 0.3) is 0 Å². The fourth-order valence-corrected chi connectivity index (χ4v) is 3.96. The quantitative estimate of drug-likeness (QED) is 0.859. The van der Waals surface area contributed by atoms with Gasteiger partial charge in [0.15, 0.2) is 0 Å². The Morgan fingerprint density at radius 2 is 2.32 bits per heavy atom. The zero-order chi connectivity index (χ0) is 15.2. The Labute approximate surface area is 134 Å². The van der Waals surface area contributed by atoms with Gasteiger partial charge in [-0.1, -0.05) is 18.9 Å². The largest absolute Gasteiger partial charge is 0.336 e. The Morgan fingerprint density at radius 3 is 3.00 bits per heavy atom. The molecule has 118 valence electrons. The molecule has 1 aliphatic carbocycles. The zero-order valence-electron chi connectivity index (χ0n) is 12.6. The average molecular weight is 318 g/mol. The second-order valence-electron chi connectivity index (χ2n) is 5.74. The summed E-state index contributed by atoms with van der Waals surface area (Å²) in [6.07, 6.45) is 10.4. The molecule has 0 bridgehead atoms. The van der Waals surface area contributed by atoms with E-state index in [-0.39, 0.29) is 12.1 Å². The standard InChI is InChI=1S/C16H22N4OS/c21-16(18-8-10-20-9-7-17-12-20)19-15(13-4-1-2-5-13)14-6-3-11-22-14/h3,6-7,9,11-13,15H,1-2,4-5,8,10H2,(H2,18,19,21)/t15-/m1/s1. The first kappa shape index (κ1) is 15.1. The van der Waals surface area contributed by atoms with Gasteiger partial charge in [0, 0.05) is 30.4 Å². The fraction of sp³-hybridized carbons (Fsp3) is 0.500. The van der Waals surface area contributed by atoms with E-state index in [4.69, 9.17) is 0 Å². The Morgan fingerprint density at radius 1 is 1.45 bits per heavy atom. The van der Waals surface area contributed by atoms with Crippen LogP contribution in [-0.4, -0.2) is 22.1 Å². The van der Waals surface area contributed by atoms with Crippen molar-refractivity contribution < 1.29 is 4.79 Å². The number of aromatic nitrogens is 2. The van der Waals surface area contributed by atoms with Crippen LogP contribution in [0.1, 0.15) is 36.6 Å². The third-order valence-electron chi connectivity index (χ3n) is 4.22. The van der Waals surface area contributed by atoms with Crippen LogP contribution in [0.4, 0.5) is 4.79 Å². The Hall–Kier alpha value is -1.82. The van der Waals surface area contributed by atoms with Crippen molar-refractivity contribution in [2.75, 3.05) is 6.54 Å². The molecule has 2 aromatic heterocycles. The van der Waals surface area contributed by atoms with Gasteiger partial charge in [-0.2, -0.15) is 0 Å². The lowest BCUT2D eigenvalue weighted by Gasteiger charge is -2.24. The highest BCUT2D eigenvalue weighted by atomic mass is 32.1. The van der Waals surface area contributed by atoms with Crippen LogP contribution in [0.2, 0.25) is 0 Å². The van der Waals surface area contributed by atoms with E-state index in [0.717, 1.165) is 6.54 Å². The summed E-state index contributed by atoms with van der Waals surface area (Å²) in [6, 6.07) is 4.25. The molecule has 0 unspecified atom stereocenters. The van der Waals surface area contributed by atoms with Crippen LogP contribution in [0, 0.1) is 5.92 Å². The third kappa shape index (κ3) is 3.88. The molecule has 22 heavy (non-hydrogen) atoms. The Balaban J connectivity index is 1.52. The molecule has 2 N–H and O–H groups in total. The van der Waals surface area contributed by atoms with Gasteiger partial charge in [0.1, 0.15) is 0 Å². The van der Waals surface area contributed by atoms with E-state index in [2.05, 4.69) is 33.1 Å². The zero-order valence-corrected chi connectivity index (χ0v) is 13.4. The molecule has 2 heterocycles. The van der Waals surface area contributed by atoms with Crippen LogP contribution in [0.25, 0.3) is 0 Å². The summed E-state index contributed by atoms with van der Waals surface area (Å²) >= 11 is 1.73. The van der Waals surface area contributed by atoms with Crippen LogP contribution in [0.5, 0.6) is 0 Å². The molecular weight excluding hydrogens is 296 g/mol. The van der Waals surface area contributed by atoms with Crippen LogP contribution in [0.3, 0.4) is 0 Å². The van der Waals surface area contributed by atoms with Crippen molar-refractivity contribution in [3.8, 4) is 0 Å². The minimum atomic E-state index is -0.0783. The molecule has 5 nitrogen and oxygen atoms in total. The second kappa shape index (κ2) is 7.45. The van der Waals surface area contributed by atoms with Crippen molar-refractivity contribution in [2.45, 2.75) is 38.3 Å². The van der Waals surface area contributed by atoms with Crippen molar-refractivity contribution >= 4 is 17.4 Å². The van der Waals surface area contributed by atoms with Gasteiger partial charge >= 0.3 is 6.03 Å². The molecule has 6 heteroatoms. The smallest absolute Gasteiger partial charge is 0.315 e. The molecule has 0 spiro atoms. The highest BCUT2D eigenvalue weighted by molar-refractivity contribution is 7.10. The molecule has 1 atom stereocenters. The number of amides is 2. The third-order valence-corrected chi connectivity index (χ3v) is 5.18. The summed E-state index contributed by atoms with van der Waals surface area (Å²) < 4.78 is 1.95. The molecule has 3 rings (SSSR count). The number of hydrogen-bond donors (Lipinski definition) is 2. The van der Waals surface area contributed by atoms with Crippen molar-refractivity contribution in [3.05, 3.63) is 41.1 Å². The first-order valence-corrected chi connectivity index (χ1v) is 8.74. The van der Waals surface area contributed by atoms with Gasteiger partial charge in [-0.15, -0.1) is 11.3 Å². The van der Waals surface area contributed by atoms with E-state index in [1.165, 1.54) is 30.6 Å². The summed E-state index contributed by atoms with van der Waals surface area (Å²) in [5, 5.41) is 8.20. The van der Waals surface area contributed by atoms with Gasteiger partial charge in [-0.05, 0) is 30.2 Å². The molecule has 2 amide bonds. The number of nitrogens with one attached hydrogen (secondary N) is 2. The van der Waals surface area contributed by atoms with Crippen LogP contribution < -0.4 is 10.6 Å². The van der Waals surface area contributed by atoms with Crippen LogP contribution >= 0.6 is 11.3 Å². The molecular formula is C16H22N4OS. The van der Waals surface area contributed by atoms with Gasteiger partial charge in [0.2, 0.25) is 0 Å². The predicted octanol–water partition coefficient (Wildman–Crippen LogP) is 3.18. The number of urea groups is 1. The fourth-order valence-electron chi connectivity index (χ4n) is 3.09. The van der Waals surface area contributed by atoms with Gasteiger partial charge in [-0.25, -0.2) is 9.78 Å². The molecule has 0 aliphatic heterocycles. The van der Waals surface area contributed by atoms with E-state index in [9.17, 15) is 4.79 Å². The maximum Gasteiger partial charge on any atom is 0.315 e. The lowest BCUT2D eigenvalue weighted by atomic mass is 9.97. The number of imidazole rings is 1. The summed E-state index contributed by atoms with van der Waals surface area (Å²) in [7, 11) is 0. The van der Waals surface area contributed by atoms with Crippen molar-refractivity contribution in [2.24, 2.45) is 5.92 Å². The SMILES string of the molecule is O=C(NCCn1ccnc1)N[C@@H](c1cccs1)C1CCCC1. The van der Waals surface area contributed by atoms with E-state index in [1.807, 2.05) is 10.8 Å². The molecule has 2 aromatic rings. The lowest BCUT2D eigenvalue weighted by molar-refractivity contribution is 0.231. The maximum atomic E-state index is 12.2. The first-order valence-electron chi connectivity index (χ1n) is 7.86. The number of carbonyl (C=O) groups excluding carboxylic acids is 1. The molecule has 1 aliphatic rings. The van der Waals surface area contributed by atoms with Crippen LogP contribution in [0.15, 0.2) is 36.2 Å². The van der Waals surface area contributed by atoms with Crippen molar-refractivity contribution in [1.29, 1.82) is 0 Å². The average Bonchev–Trinajstić information content (AvgIpc) is 3.26. The Kier molecular flexibility index (Phi) is 5.11. The molecule has 0 radical (unpaired) electrons. The molecule has 1 fully saturated rings. The van der Waals surface area contributed by atoms with Crippen molar-refractivity contribution in [1.82, 2.24) is 20.2 Å². The normalized spacial score (nSPS) is 16.5. The van der Waals surface area contributed by atoms with Gasteiger partial charge < -0.3 is 15.2 Å². The summed E-state index contributed by atoms with van der Waals surface area (Å²) in [5.41, 5.74) is 0. The minimum absolute atomic E-state index is 0.0783. The van der Waals surface area contributed by atoms with Gasteiger partial charge in [0.05, 0.1) is 12.4 Å². The lowest BCUT2D eigenvalue weighted by Crippen LogP contribution is -2.41. The topological polar surface area (TPSA) is 59.0 Å². The number of carbonyl (C=O) groups is 1. The summed E-state index contributed by atoms with van der Waals surface area (Å²) in [6.45, 7) is 1.34. The summed E-state index contributed by atoms with van der Waals surface area (Å²) in [5.74, 6) is 0.568. The number of rotatable bonds is 6. The Bertz CT molecular complexity index is 561. The minimum Gasteiger partial charge on any atom is -0.336 e. The van der Waals surface area contributed by atoms with E-state index < -0.39 is 0 Å². The molecule has 0 saturated heterocycles. The van der Waals surface area contributed by atoms with Gasteiger partial charge in [-0.3, -0.25) is 0 Å². The monoisotopic (exact) mass is 318 g/mol. The second-order valence-corrected chi connectivity index (χ2v) is 6.72. The van der Waals surface area contributed by atoms with Crippen LogP contribution in [-0.2, 0) is 6.54 Å². The van der Waals surface area contributed by atoms with E-state index >= 15 is 0 Å². The number of thiophene rings is 1. The number of nitrogens with zero attached hydrogens (tertiary/aromatic N) is 2. The predicted molar refractivity (Wildman–Crippen MR) is 87.8 cm³/mol. The molecule has 1 saturated carbocycles.